The smallest absolute Gasteiger partial charge is 0.338 e. The largest absolute Gasteiger partial charge is 0.463 e. The van der Waals surface area contributed by atoms with Gasteiger partial charge in [-0.2, -0.15) is 0 Å². The number of nitrogens with one attached hydrogen (secondary N) is 2. The van der Waals surface area contributed by atoms with E-state index in [1.165, 1.54) is 6.08 Å². The summed E-state index contributed by atoms with van der Waals surface area (Å²) in [5.74, 6) is -1.15. The predicted molar refractivity (Wildman–Crippen MR) is 91.2 cm³/mol. The van der Waals surface area contributed by atoms with Crippen LogP contribution in [0.4, 0.5) is 4.79 Å². The van der Waals surface area contributed by atoms with Crippen molar-refractivity contribution in [3.63, 3.8) is 0 Å². The minimum absolute atomic E-state index is 0.204. The van der Waals surface area contributed by atoms with Crippen LogP contribution in [0.15, 0.2) is 47.7 Å². The number of ether oxygens (including phenoxy) is 2. The van der Waals surface area contributed by atoms with Crippen molar-refractivity contribution in [1.82, 2.24) is 10.6 Å². The first kappa shape index (κ1) is 18.3. The van der Waals surface area contributed by atoms with Crippen LogP contribution in [0, 0.1) is 0 Å². The van der Waals surface area contributed by atoms with Crippen LogP contribution in [-0.4, -0.2) is 37.2 Å². The number of rotatable bonds is 6. The van der Waals surface area contributed by atoms with Gasteiger partial charge in [-0.25, -0.2) is 14.4 Å². The number of urea groups is 1. The summed E-state index contributed by atoms with van der Waals surface area (Å²) in [7, 11) is 0. The molecular weight excluding hydrogens is 324 g/mol. The number of hydrogen-bond donors (Lipinski definition) is 2. The minimum atomic E-state index is -0.583. The second-order valence-electron chi connectivity index (χ2n) is 5.28. The van der Waals surface area contributed by atoms with Crippen molar-refractivity contribution in [3.8, 4) is 0 Å². The van der Waals surface area contributed by atoms with Crippen molar-refractivity contribution in [2.45, 2.75) is 19.9 Å². The van der Waals surface area contributed by atoms with Crippen molar-refractivity contribution >= 4 is 24.0 Å². The fourth-order valence-corrected chi connectivity index (χ4v) is 2.31. The van der Waals surface area contributed by atoms with E-state index in [1.54, 1.807) is 19.9 Å². The van der Waals surface area contributed by atoms with Gasteiger partial charge in [0.15, 0.2) is 0 Å². The van der Waals surface area contributed by atoms with Crippen LogP contribution in [0.2, 0.25) is 0 Å². The summed E-state index contributed by atoms with van der Waals surface area (Å²) in [4.78, 5) is 35.5. The molecule has 132 valence electrons. The second-order valence-corrected chi connectivity index (χ2v) is 5.28. The molecule has 0 spiro atoms. The molecule has 0 bridgehead atoms. The van der Waals surface area contributed by atoms with E-state index in [4.69, 9.17) is 9.47 Å². The van der Waals surface area contributed by atoms with Gasteiger partial charge in [0, 0.05) is 6.08 Å². The lowest BCUT2D eigenvalue weighted by atomic mass is 10.0. The highest BCUT2D eigenvalue weighted by molar-refractivity contribution is 5.95. The van der Waals surface area contributed by atoms with Crippen LogP contribution in [0.1, 0.15) is 19.4 Å². The summed E-state index contributed by atoms with van der Waals surface area (Å²) in [6.45, 7) is 3.31. The molecular formula is C18H20N2O5. The Kier molecular flexibility index (Phi) is 6.33. The average molecular weight is 344 g/mol. The predicted octanol–water partition coefficient (Wildman–Crippen LogP) is 1.76. The molecule has 2 rings (SSSR count). The molecule has 0 aliphatic carbocycles. The van der Waals surface area contributed by atoms with Crippen LogP contribution >= 0.6 is 0 Å². The first-order valence-electron chi connectivity index (χ1n) is 7.88. The van der Waals surface area contributed by atoms with Gasteiger partial charge in [0.1, 0.15) is 6.61 Å². The SMILES string of the molecule is CCOC(=O)C1=C(COC(=O)/C=C/c2ccccc2)NC(=O)N[C@@H]1C. The van der Waals surface area contributed by atoms with Crippen LogP contribution in [0.25, 0.3) is 6.08 Å². The average Bonchev–Trinajstić information content (AvgIpc) is 2.58. The minimum Gasteiger partial charge on any atom is -0.463 e. The third kappa shape index (κ3) is 5.20. The first-order chi connectivity index (χ1) is 12.0. The van der Waals surface area contributed by atoms with Crippen LogP contribution < -0.4 is 10.6 Å². The first-order valence-corrected chi connectivity index (χ1v) is 7.88. The van der Waals surface area contributed by atoms with Gasteiger partial charge in [-0.05, 0) is 25.5 Å². The Bertz CT molecular complexity index is 709. The highest BCUT2D eigenvalue weighted by atomic mass is 16.5. The van der Waals surface area contributed by atoms with Gasteiger partial charge in [0.25, 0.3) is 0 Å². The fourth-order valence-electron chi connectivity index (χ4n) is 2.31. The molecule has 0 aromatic heterocycles. The van der Waals surface area contributed by atoms with E-state index in [0.717, 1.165) is 5.56 Å². The lowest BCUT2D eigenvalue weighted by molar-refractivity contribution is -0.140. The molecule has 1 atom stereocenters. The summed E-state index contributed by atoms with van der Waals surface area (Å²) in [6.07, 6.45) is 2.90. The molecule has 0 unspecified atom stereocenters. The van der Waals surface area contributed by atoms with Crippen molar-refractivity contribution in [2.24, 2.45) is 0 Å². The van der Waals surface area contributed by atoms with Gasteiger partial charge < -0.3 is 20.1 Å². The maximum Gasteiger partial charge on any atom is 0.338 e. The van der Waals surface area contributed by atoms with E-state index in [0.29, 0.717) is 0 Å². The van der Waals surface area contributed by atoms with Crippen LogP contribution in [-0.2, 0) is 19.1 Å². The van der Waals surface area contributed by atoms with E-state index in [1.807, 2.05) is 30.3 Å². The zero-order chi connectivity index (χ0) is 18.2. The highest BCUT2D eigenvalue weighted by Gasteiger charge is 2.30. The Morgan fingerprint density at radius 2 is 1.92 bits per heavy atom. The molecule has 0 radical (unpaired) electrons. The molecule has 1 heterocycles. The summed E-state index contributed by atoms with van der Waals surface area (Å²) in [6, 6.07) is 8.27. The molecule has 0 fully saturated rings. The molecule has 1 aromatic carbocycles. The molecule has 7 nitrogen and oxygen atoms in total. The lowest BCUT2D eigenvalue weighted by Crippen LogP contribution is -2.50. The summed E-state index contributed by atoms with van der Waals surface area (Å²) in [5, 5.41) is 5.06. The topological polar surface area (TPSA) is 93.7 Å². The molecule has 0 saturated heterocycles. The number of benzene rings is 1. The molecule has 1 aromatic rings. The molecule has 7 heteroatoms. The Hall–Kier alpha value is -3.09. The monoisotopic (exact) mass is 344 g/mol. The van der Waals surface area contributed by atoms with Crippen molar-refractivity contribution in [2.75, 3.05) is 13.2 Å². The van der Waals surface area contributed by atoms with Gasteiger partial charge in [0.2, 0.25) is 0 Å². The molecule has 2 N–H and O–H groups in total. The zero-order valence-corrected chi connectivity index (χ0v) is 14.1. The van der Waals surface area contributed by atoms with Crippen molar-refractivity contribution < 1.29 is 23.9 Å². The standard InChI is InChI=1S/C18H20N2O5/c1-3-24-17(22)16-12(2)19-18(23)20-14(16)11-25-15(21)10-9-13-7-5-4-6-8-13/h4-10,12H,3,11H2,1-2H3,(H2,19,20,23)/b10-9+/t12-/m1/s1. The quantitative estimate of drug-likeness (QED) is 0.606. The molecule has 2 amide bonds. The van der Waals surface area contributed by atoms with E-state index in [9.17, 15) is 14.4 Å². The number of esters is 2. The van der Waals surface area contributed by atoms with Gasteiger partial charge in [-0.3, -0.25) is 0 Å². The number of carbonyl (C=O) groups excluding carboxylic acids is 3. The number of hydrogen-bond acceptors (Lipinski definition) is 5. The molecule has 1 aliphatic heterocycles. The number of carbonyl (C=O) groups is 3. The third-order valence-electron chi connectivity index (χ3n) is 3.44. The van der Waals surface area contributed by atoms with Gasteiger partial charge >= 0.3 is 18.0 Å². The van der Waals surface area contributed by atoms with Crippen molar-refractivity contribution in [3.05, 3.63) is 53.2 Å². The van der Waals surface area contributed by atoms with Crippen LogP contribution in [0.5, 0.6) is 0 Å². The van der Waals surface area contributed by atoms with E-state index >= 15 is 0 Å². The molecule has 0 saturated carbocycles. The Labute approximate surface area is 145 Å². The van der Waals surface area contributed by atoms with Gasteiger partial charge in [-0.1, -0.05) is 30.3 Å². The van der Waals surface area contributed by atoms with Gasteiger partial charge in [0.05, 0.1) is 23.9 Å². The third-order valence-corrected chi connectivity index (χ3v) is 3.44. The van der Waals surface area contributed by atoms with Crippen molar-refractivity contribution in [1.29, 1.82) is 0 Å². The highest BCUT2D eigenvalue weighted by Crippen LogP contribution is 2.14. The maximum absolute atomic E-state index is 12.1. The van der Waals surface area contributed by atoms with Gasteiger partial charge in [-0.15, -0.1) is 0 Å². The summed E-state index contributed by atoms with van der Waals surface area (Å²) in [5.41, 5.74) is 1.31. The Morgan fingerprint density at radius 3 is 2.60 bits per heavy atom. The Balaban J connectivity index is 2.05. The lowest BCUT2D eigenvalue weighted by Gasteiger charge is -2.26. The second kappa shape index (κ2) is 8.68. The van der Waals surface area contributed by atoms with E-state index < -0.39 is 24.0 Å². The molecule has 25 heavy (non-hydrogen) atoms. The summed E-state index contributed by atoms with van der Waals surface area (Å²) >= 11 is 0. The fraction of sp³-hybridized carbons (Fsp3) is 0.278. The number of amides is 2. The zero-order valence-electron chi connectivity index (χ0n) is 14.1. The normalized spacial score (nSPS) is 17.0. The molecule has 1 aliphatic rings. The van der Waals surface area contributed by atoms with E-state index in [2.05, 4.69) is 10.6 Å². The Morgan fingerprint density at radius 1 is 1.20 bits per heavy atom. The summed E-state index contributed by atoms with van der Waals surface area (Å²) < 4.78 is 10.1. The van der Waals surface area contributed by atoms with E-state index in [-0.39, 0.29) is 24.5 Å². The maximum atomic E-state index is 12.1. The van der Waals surface area contributed by atoms with Crippen LogP contribution in [0.3, 0.4) is 0 Å².